The van der Waals surface area contributed by atoms with Gasteiger partial charge in [-0.05, 0) is 14.1 Å². The lowest BCUT2D eigenvalue weighted by Crippen LogP contribution is -2.30. The fourth-order valence-corrected chi connectivity index (χ4v) is 0.972. The van der Waals surface area contributed by atoms with Gasteiger partial charge in [-0.3, -0.25) is 4.79 Å². The van der Waals surface area contributed by atoms with Gasteiger partial charge in [-0.25, -0.2) is 0 Å². The number of carbonyl (C=O) groups excluding carboxylic acids is 1. The van der Waals surface area contributed by atoms with Crippen molar-refractivity contribution < 1.29 is 9.53 Å². The number of rotatable bonds is 8. The van der Waals surface area contributed by atoms with Crippen LogP contribution in [0.1, 0.15) is 6.42 Å². The molecule has 4 nitrogen and oxygen atoms in total. The quantitative estimate of drug-likeness (QED) is 0.447. The number of nitrogens with one attached hydrogen (secondary N) is 1. The van der Waals surface area contributed by atoms with Crippen molar-refractivity contribution in [2.24, 2.45) is 0 Å². The van der Waals surface area contributed by atoms with Gasteiger partial charge in [0.15, 0.2) is 0 Å². The molecule has 0 saturated heterocycles. The molecule has 0 aromatic heterocycles. The maximum Gasteiger partial charge on any atom is 0.221 e. The highest BCUT2D eigenvalue weighted by atomic mass is 32.1. The number of carbonyl (C=O) groups is 1. The van der Waals surface area contributed by atoms with Gasteiger partial charge in [-0.15, -0.1) is 0 Å². The van der Waals surface area contributed by atoms with Crippen LogP contribution in [0, 0.1) is 0 Å². The Bertz CT molecular complexity index is 154. The zero-order valence-electron chi connectivity index (χ0n) is 8.95. The molecule has 0 radical (unpaired) electrons. The van der Waals surface area contributed by atoms with Crippen molar-refractivity contribution in [3.05, 3.63) is 0 Å². The van der Waals surface area contributed by atoms with E-state index in [2.05, 4.69) is 17.9 Å². The number of thiol groups is 1. The molecule has 5 heteroatoms. The van der Waals surface area contributed by atoms with Crippen LogP contribution in [-0.4, -0.2) is 57.0 Å². The second kappa shape index (κ2) is 9.30. The predicted octanol–water partition coefficient (Wildman–Crippen LogP) is 0.000700. The zero-order chi connectivity index (χ0) is 10.8. The minimum absolute atomic E-state index is 0.0770. The molecule has 0 aliphatic carbocycles. The first-order chi connectivity index (χ1) is 6.66. The van der Waals surface area contributed by atoms with Crippen LogP contribution in [0.25, 0.3) is 0 Å². The highest BCUT2D eigenvalue weighted by Crippen LogP contribution is 1.83. The molecule has 0 aromatic rings. The second-order valence-corrected chi connectivity index (χ2v) is 3.69. The molecule has 0 aliphatic heterocycles. The first-order valence-electron chi connectivity index (χ1n) is 4.77. The van der Waals surface area contributed by atoms with Crippen molar-refractivity contribution in [2.75, 3.05) is 46.2 Å². The molecule has 0 saturated carbocycles. The van der Waals surface area contributed by atoms with Gasteiger partial charge in [-0.1, -0.05) is 0 Å². The maximum absolute atomic E-state index is 11.2. The lowest BCUT2D eigenvalue weighted by Gasteiger charge is -2.09. The molecule has 1 amide bonds. The van der Waals surface area contributed by atoms with Crippen molar-refractivity contribution >= 4 is 18.5 Å². The third-order valence-electron chi connectivity index (χ3n) is 1.59. The van der Waals surface area contributed by atoms with Crippen LogP contribution in [0.3, 0.4) is 0 Å². The fourth-order valence-electron chi connectivity index (χ4n) is 0.843. The fraction of sp³-hybridized carbons (Fsp3) is 0.889. The molecule has 0 atom stereocenters. The molecular weight excluding hydrogens is 200 g/mol. The van der Waals surface area contributed by atoms with Crippen LogP contribution in [0.5, 0.6) is 0 Å². The van der Waals surface area contributed by atoms with Gasteiger partial charge in [0.05, 0.1) is 13.2 Å². The third-order valence-corrected chi connectivity index (χ3v) is 1.77. The van der Waals surface area contributed by atoms with Crippen LogP contribution in [-0.2, 0) is 9.53 Å². The maximum atomic E-state index is 11.2. The van der Waals surface area contributed by atoms with E-state index in [-0.39, 0.29) is 5.91 Å². The van der Waals surface area contributed by atoms with E-state index in [1.54, 1.807) is 0 Å². The molecule has 0 unspecified atom stereocenters. The summed E-state index contributed by atoms with van der Waals surface area (Å²) in [6.07, 6.45) is 0.541. The Balaban J connectivity index is 3.18. The molecule has 0 heterocycles. The van der Waals surface area contributed by atoms with Gasteiger partial charge in [0.25, 0.3) is 0 Å². The molecule has 14 heavy (non-hydrogen) atoms. The van der Waals surface area contributed by atoms with E-state index >= 15 is 0 Å². The van der Waals surface area contributed by atoms with Gasteiger partial charge >= 0.3 is 0 Å². The van der Waals surface area contributed by atoms with E-state index in [1.807, 2.05) is 19.0 Å². The summed E-state index contributed by atoms with van der Waals surface area (Å²) in [4.78, 5) is 13.2. The Morgan fingerprint density at radius 2 is 2.14 bits per heavy atom. The molecule has 84 valence electrons. The van der Waals surface area contributed by atoms with Gasteiger partial charge in [0.2, 0.25) is 5.91 Å². The Morgan fingerprint density at radius 1 is 1.43 bits per heavy atom. The van der Waals surface area contributed by atoms with Crippen LogP contribution < -0.4 is 5.32 Å². The second-order valence-electron chi connectivity index (χ2n) is 3.24. The first kappa shape index (κ1) is 13.7. The predicted molar refractivity (Wildman–Crippen MR) is 60.9 cm³/mol. The Labute approximate surface area is 91.4 Å². The molecule has 1 N–H and O–H groups in total. The van der Waals surface area contributed by atoms with Gasteiger partial charge in [-0.2, -0.15) is 12.6 Å². The monoisotopic (exact) mass is 220 g/mol. The van der Waals surface area contributed by atoms with E-state index in [4.69, 9.17) is 4.74 Å². The zero-order valence-corrected chi connectivity index (χ0v) is 9.85. The van der Waals surface area contributed by atoms with Gasteiger partial charge in [0.1, 0.15) is 0 Å². The summed E-state index contributed by atoms with van der Waals surface area (Å²) < 4.78 is 5.16. The standard InChI is InChI=1S/C9H20N2O2S/c1-11(2)5-3-9(12)10-4-6-13-7-8-14/h14H,3-8H2,1-2H3,(H,10,12). The van der Waals surface area contributed by atoms with Crippen LogP contribution >= 0.6 is 12.6 Å². The Hall–Kier alpha value is -0.260. The van der Waals surface area contributed by atoms with E-state index in [0.717, 1.165) is 6.54 Å². The summed E-state index contributed by atoms with van der Waals surface area (Å²) in [5.41, 5.74) is 0. The molecule has 0 bridgehead atoms. The number of nitrogens with zero attached hydrogens (tertiary/aromatic N) is 1. The molecule has 0 spiro atoms. The minimum Gasteiger partial charge on any atom is -0.379 e. The number of hydrogen-bond acceptors (Lipinski definition) is 4. The SMILES string of the molecule is CN(C)CCC(=O)NCCOCCS. The van der Waals surface area contributed by atoms with Crippen molar-refractivity contribution in [1.82, 2.24) is 10.2 Å². The minimum atomic E-state index is 0.0770. The Kier molecular flexibility index (Phi) is 9.13. The van der Waals surface area contributed by atoms with E-state index in [9.17, 15) is 4.79 Å². The number of ether oxygens (including phenoxy) is 1. The first-order valence-corrected chi connectivity index (χ1v) is 5.40. The molecule has 0 fully saturated rings. The summed E-state index contributed by atoms with van der Waals surface area (Å²) in [6, 6.07) is 0. The highest BCUT2D eigenvalue weighted by Gasteiger charge is 2.00. The third kappa shape index (κ3) is 9.83. The summed E-state index contributed by atoms with van der Waals surface area (Å²) in [5.74, 6) is 0.794. The van der Waals surface area contributed by atoms with Crippen molar-refractivity contribution in [3.8, 4) is 0 Å². The van der Waals surface area contributed by atoms with E-state index in [1.165, 1.54) is 0 Å². The van der Waals surface area contributed by atoms with Crippen molar-refractivity contribution in [2.45, 2.75) is 6.42 Å². The van der Waals surface area contributed by atoms with Crippen LogP contribution in [0.4, 0.5) is 0 Å². The summed E-state index contributed by atoms with van der Waals surface area (Å²) in [5, 5.41) is 2.78. The molecule has 0 rings (SSSR count). The van der Waals surface area contributed by atoms with E-state index in [0.29, 0.717) is 31.9 Å². The number of amides is 1. The number of hydrogen-bond donors (Lipinski definition) is 2. The molecule has 0 aliphatic rings. The highest BCUT2D eigenvalue weighted by molar-refractivity contribution is 7.80. The van der Waals surface area contributed by atoms with Crippen LogP contribution in [0.2, 0.25) is 0 Å². The Morgan fingerprint density at radius 3 is 2.71 bits per heavy atom. The smallest absolute Gasteiger partial charge is 0.221 e. The van der Waals surface area contributed by atoms with Crippen LogP contribution in [0.15, 0.2) is 0 Å². The normalized spacial score (nSPS) is 10.6. The topological polar surface area (TPSA) is 41.6 Å². The summed E-state index contributed by atoms with van der Waals surface area (Å²) in [6.45, 7) is 2.56. The van der Waals surface area contributed by atoms with E-state index < -0.39 is 0 Å². The average Bonchev–Trinajstić information content (AvgIpc) is 2.14. The van der Waals surface area contributed by atoms with Crippen molar-refractivity contribution in [1.29, 1.82) is 0 Å². The summed E-state index contributed by atoms with van der Waals surface area (Å²) in [7, 11) is 3.90. The molecule has 0 aromatic carbocycles. The lowest BCUT2D eigenvalue weighted by atomic mass is 10.4. The average molecular weight is 220 g/mol. The lowest BCUT2D eigenvalue weighted by molar-refractivity contribution is -0.121. The van der Waals surface area contributed by atoms with Gasteiger partial charge in [0, 0.05) is 25.3 Å². The largest absolute Gasteiger partial charge is 0.379 e. The molecular formula is C9H20N2O2S. The van der Waals surface area contributed by atoms with Crippen molar-refractivity contribution in [3.63, 3.8) is 0 Å². The summed E-state index contributed by atoms with van der Waals surface area (Å²) >= 11 is 4.00. The van der Waals surface area contributed by atoms with Gasteiger partial charge < -0.3 is 15.0 Å².